The second-order valence-corrected chi connectivity index (χ2v) is 6.57. The molecular weight excluding hydrogens is 230 g/mol. The number of nitrogens with one attached hydrogen (secondary N) is 1. The van der Waals surface area contributed by atoms with E-state index in [1.165, 1.54) is 90.1 Å². The van der Waals surface area contributed by atoms with Crippen LogP contribution in [-0.4, -0.2) is 13.1 Å². The average molecular weight is 268 g/mol. The van der Waals surface area contributed by atoms with E-state index in [0.717, 1.165) is 11.8 Å². The molecule has 1 saturated heterocycles. The highest BCUT2D eigenvalue weighted by atomic mass is 14.9. The van der Waals surface area contributed by atoms with Crippen LogP contribution in [0.4, 0.5) is 0 Å². The lowest BCUT2D eigenvalue weighted by molar-refractivity contribution is 0.228. The van der Waals surface area contributed by atoms with Crippen LogP contribution >= 0.6 is 0 Å². The number of unbranched alkanes of at least 4 members (excludes halogenated alkanes) is 6. The molecule has 1 rings (SSSR count). The van der Waals surface area contributed by atoms with Crippen molar-refractivity contribution in [2.45, 2.75) is 90.9 Å². The van der Waals surface area contributed by atoms with Crippen molar-refractivity contribution in [1.29, 1.82) is 0 Å². The maximum Gasteiger partial charge on any atom is -0.00179 e. The molecule has 0 bridgehead atoms. The van der Waals surface area contributed by atoms with Gasteiger partial charge in [-0.1, -0.05) is 78.1 Å². The van der Waals surface area contributed by atoms with Gasteiger partial charge in [-0.2, -0.15) is 0 Å². The molecule has 1 aliphatic heterocycles. The minimum absolute atomic E-state index is 0.983. The quantitative estimate of drug-likeness (QED) is 0.484. The Bertz CT molecular complexity index is 184. The minimum atomic E-state index is 0.983. The molecule has 1 N–H and O–H groups in total. The molecule has 1 nitrogen and oxygen atoms in total. The van der Waals surface area contributed by atoms with Crippen LogP contribution in [0.15, 0.2) is 0 Å². The van der Waals surface area contributed by atoms with Crippen molar-refractivity contribution in [3.8, 4) is 0 Å². The molecule has 1 heterocycles. The zero-order valence-corrected chi connectivity index (χ0v) is 13.6. The smallest absolute Gasteiger partial charge is 0.00179 e. The topological polar surface area (TPSA) is 12.0 Å². The molecule has 0 amide bonds. The van der Waals surface area contributed by atoms with Crippen LogP contribution < -0.4 is 5.32 Å². The van der Waals surface area contributed by atoms with E-state index in [9.17, 15) is 0 Å². The highest BCUT2D eigenvalue weighted by Crippen LogP contribution is 2.29. The van der Waals surface area contributed by atoms with Gasteiger partial charge in [0.2, 0.25) is 0 Å². The average Bonchev–Trinajstić information content (AvgIpc) is 2.46. The lowest BCUT2D eigenvalue weighted by Gasteiger charge is -2.31. The van der Waals surface area contributed by atoms with Crippen LogP contribution in [0.5, 0.6) is 0 Å². The Morgan fingerprint density at radius 3 is 2.16 bits per heavy atom. The Morgan fingerprint density at radius 1 is 0.895 bits per heavy atom. The molecule has 1 aliphatic rings. The Balaban J connectivity index is 2.22. The molecule has 0 radical (unpaired) electrons. The number of hydrogen-bond acceptors (Lipinski definition) is 1. The van der Waals surface area contributed by atoms with E-state index >= 15 is 0 Å². The van der Waals surface area contributed by atoms with Crippen molar-refractivity contribution in [3.63, 3.8) is 0 Å². The molecule has 0 aromatic rings. The zero-order valence-electron chi connectivity index (χ0n) is 13.6. The van der Waals surface area contributed by atoms with Gasteiger partial charge < -0.3 is 5.32 Å². The monoisotopic (exact) mass is 267 g/mol. The molecule has 0 spiro atoms. The first-order valence-corrected chi connectivity index (χ1v) is 9.09. The molecule has 0 aromatic carbocycles. The van der Waals surface area contributed by atoms with Crippen LogP contribution in [-0.2, 0) is 0 Å². The van der Waals surface area contributed by atoms with Gasteiger partial charge in [-0.05, 0) is 37.8 Å². The van der Waals surface area contributed by atoms with Crippen molar-refractivity contribution in [2.24, 2.45) is 11.8 Å². The van der Waals surface area contributed by atoms with Crippen molar-refractivity contribution < 1.29 is 0 Å². The summed E-state index contributed by atoms with van der Waals surface area (Å²) >= 11 is 0. The van der Waals surface area contributed by atoms with Gasteiger partial charge in [-0.3, -0.25) is 0 Å². The minimum Gasteiger partial charge on any atom is -0.316 e. The van der Waals surface area contributed by atoms with E-state index in [4.69, 9.17) is 0 Å². The first kappa shape index (κ1) is 17.0. The van der Waals surface area contributed by atoms with E-state index in [0.29, 0.717) is 0 Å². The Hall–Kier alpha value is -0.0400. The predicted octanol–water partition coefficient (Wildman–Crippen LogP) is 5.54. The second-order valence-electron chi connectivity index (χ2n) is 6.57. The third-order valence-corrected chi connectivity index (χ3v) is 4.86. The van der Waals surface area contributed by atoms with Crippen LogP contribution in [0.1, 0.15) is 90.9 Å². The summed E-state index contributed by atoms with van der Waals surface area (Å²) in [6.45, 7) is 7.18. The third kappa shape index (κ3) is 7.97. The van der Waals surface area contributed by atoms with Crippen molar-refractivity contribution >= 4 is 0 Å². The van der Waals surface area contributed by atoms with Gasteiger partial charge in [0, 0.05) is 0 Å². The molecule has 0 aromatic heterocycles. The molecule has 0 aliphatic carbocycles. The zero-order chi connectivity index (χ0) is 13.8. The fourth-order valence-electron chi connectivity index (χ4n) is 3.56. The highest BCUT2D eigenvalue weighted by molar-refractivity contribution is 4.76. The SMILES string of the molecule is CCCCCCCC(CCCCC)[C@@H]1CCCNC1. The number of piperidine rings is 1. The van der Waals surface area contributed by atoms with E-state index in [1.54, 1.807) is 0 Å². The standard InChI is InChI=1S/C18H37N/c1-3-5-7-8-10-13-17(12-9-6-4-2)18-14-11-15-19-16-18/h17-19H,3-16H2,1-2H3/t17?,18-/m1/s1. The van der Waals surface area contributed by atoms with Gasteiger partial charge in [0.15, 0.2) is 0 Å². The first-order chi connectivity index (χ1) is 9.38. The largest absolute Gasteiger partial charge is 0.316 e. The van der Waals surface area contributed by atoms with Gasteiger partial charge in [0.05, 0.1) is 0 Å². The summed E-state index contributed by atoms with van der Waals surface area (Å²) < 4.78 is 0. The van der Waals surface area contributed by atoms with Gasteiger partial charge in [-0.15, -0.1) is 0 Å². The lowest BCUT2D eigenvalue weighted by Crippen LogP contribution is -2.34. The van der Waals surface area contributed by atoms with Crippen molar-refractivity contribution in [2.75, 3.05) is 13.1 Å². The Kier molecular flexibility index (Phi) is 10.5. The van der Waals surface area contributed by atoms with Gasteiger partial charge in [0.25, 0.3) is 0 Å². The van der Waals surface area contributed by atoms with Crippen LogP contribution in [0, 0.1) is 11.8 Å². The van der Waals surface area contributed by atoms with Gasteiger partial charge in [-0.25, -0.2) is 0 Å². The van der Waals surface area contributed by atoms with E-state index in [1.807, 2.05) is 0 Å². The molecule has 0 saturated carbocycles. The summed E-state index contributed by atoms with van der Waals surface area (Å²) in [7, 11) is 0. The first-order valence-electron chi connectivity index (χ1n) is 9.09. The summed E-state index contributed by atoms with van der Waals surface area (Å²) in [4.78, 5) is 0. The number of rotatable bonds is 11. The maximum absolute atomic E-state index is 3.62. The van der Waals surface area contributed by atoms with Crippen molar-refractivity contribution in [1.82, 2.24) is 5.32 Å². The van der Waals surface area contributed by atoms with Gasteiger partial charge >= 0.3 is 0 Å². The molecule has 19 heavy (non-hydrogen) atoms. The number of hydrogen-bond donors (Lipinski definition) is 1. The highest BCUT2D eigenvalue weighted by Gasteiger charge is 2.22. The summed E-state index contributed by atoms with van der Waals surface area (Å²) in [5.74, 6) is 2.00. The second kappa shape index (κ2) is 11.8. The molecule has 1 unspecified atom stereocenters. The third-order valence-electron chi connectivity index (χ3n) is 4.86. The molecule has 1 heteroatoms. The molecule has 114 valence electrons. The summed E-state index contributed by atoms with van der Waals surface area (Å²) in [5, 5.41) is 3.62. The fourth-order valence-corrected chi connectivity index (χ4v) is 3.56. The molecule has 1 fully saturated rings. The fraction of sp³-hybridized carbons (Fsp3) is 1.00. The summed E-state index contributed by atoms with van der Waals surface area (Å²) in [6, 6.07) is 0. The van der Waals surface area contributed by atoms with Crippen LogP contribution in [0.25, 0.3) is 0 Å². The molecule has 2 atom stereocenters. The Morgan fingerprint density at radius 2 is 1.53 bits per heavy atom. The summed E-state index contributed by atoms with van der Waals surface area (Å²) in [6.07, 6.45) is 17.4. The Labute approximate surface area is 121 Å². The van der Waals surface area contributed by atoms with Crippen molar-refractivity contribution in [3.05, 3.63) is 0 Å². The van der Waals surface area contributed by atoms with E-state index in [-0.39, 0.29) is 0 Å². The lowest BCUT2D eigenvalue weighted by atomic mass is 9.80. The van der Waals surface area contributed by atoms with Gasteiger partial charge in [0.1, 0.15) is 0 Å². The van der Waals surface area contributed by atoms with E-state index < -0.39 is 0 Å². The van der Waals surface area contributed by atoms with E-state index in [2.05, 4.69) is 19.2 Å². The molecular formula is C18H37N. The normalized spacial score (nSPS) is 21.5. The predicted molar refractivity (Wildman–Crippen MR) is 86.6 cm³/mol. The van der Waals surface area contributed by atoms with Crippen LogP contribution in [0.2, 0.25) is 0 Å². The summed E-state index contributed by atoms with van der Waals surface area (Å²) in [5.41, 5.74) is 0. The van der Waals surface area contributed by atoms with Crippen LogP contribution in [0.3, 0.4) is 0 Å². The maximum atomic E-state index is 3.62.